The predicted octanol–water partition coefficient (Wildman–Crippen LogP) is 2.94. The minimum atomic E-state index is -0.418. The van der Waals surface area contributed by atoms with E-state index in [0.29, 0.717) is 0 Å². The van der Waals surface area contributed by atoms with Crippen LogP contribution in [0, 0.1) is 6.92 Å². The van der Waals surface area contributed by atoms with E-state index in [1.807, 2.05) is 17.9 Å². The van der Waals surface area contributed by atoms with Gasteiger partial charge in [0, 0.05) is 12.2 Å². The topological polar surface area (TPSA) is 23.5 Å². The number of nitrogens with zero attached hydrogens (tertiary/aromatic N) is 1. The molecule has 1 N–H and O–H groups in total. The standard InChI is InChI=1S/C13H21NO/c1-4-5-9-14(12(3)15)13-8-6-7-11(2)10-13/h6-8,10,12,15H,4-5,9H2,1-3H3. The number of benzene rings is 1. The number of aliphatic hydroxyl groups excluding tert-OH is 1. The zero-order chi connectivity index (χ0) is 11.3. The molecule has 1 aromatic carbocycles. The Morgan fingerprint density at radius 3 is 2.67 bits per heavy atom. The average Bonchev–Trinajstić information content (AvgIpc) is 2.18. The molecule has 84 valence electrons. The summed E-state index contributed by atoms with van der Waals surface area (Å²) < 4.78 is 0. The molecule has 0 aliphatic rings. The fraction of sp³-hybridized carbons (Fsp3) is 0.538. The maximum absolute atomic E-state index is 9.71. The van der Waals surface area contributed by atoms with E-state index in [9.17, 15) is 5.11 Å². The molecule has 0 saturated heterocycles. The zero-order valence-corrected chi connectivity index (χ0v) is 9.90. The third-order valence-corrected chi connectivity index (χ3v) is 2.54. The molecule has 0 radical (unpaired) electrons. The van der Waals surface area contributed by atoms with Gasteiger partial charge in [-0.05, 0) is 38.0 Å². The highest BCUT2D eigenvalue weighted by molar-refractivity contribution is 5.48. The summed E-state index contributed by atoms with van der Waals surface area (Å²) in [7, 11) is 0. The van der Waals surface area contributed by atoms with Crippen molar-refractivity contribution >= 4 is 5.69 Å². The zero-order valence-electron chi connectivity index (χ0n) is 9.90. The van der Waals surface area contributed by atoms with Crippen molar-refractivity contribution in [2.24, 2.45) is 0 Å². The van der Waals surface area contributed by atoms with Crippen molar-refractivity contribution in [3.63, 3.8) is 0 Å². The highest BCUT2D eigenvalue weighted by atomic mass is 16.3. The maximum Gasteiger partial charge on any atom is 0.124 e. The van der Waals surface area contributed by atoms with Gasteiger partial charge in [0.05, 0.1) is 0 Å². The molecule has 2 nitrogen and oxygen atoms in total. The van der Waals surface area contributed by atoms with Crippen LogP contribution in [0.5, 0.6) is 0 Å². The molecule has 0 bridgehead atoms. The van der Waals surface area contributed by atoms with E-state index in [0.717, 1.165) is 25.1 Å². The highest BCUT2D eigenvalue weighted by Crippen LogP contribution is 2.18. The molecule has 0 fully saturated rings. The van der Waals surface area contributed by atoms with Gasteiger partial charge in [-0.2, -0.15) is 0 Å². The van der Waals surface area contributed by atoms with Gasteiger partial charge < -0.3 is 10.0 Å². The Hall–Kier alpha value is -1.02. The van der Waals surface area contributed by atoms with E-state index >= 15 is 0 Å². The quantitative estimate of drug-likeness (QED) is 0.750. The molecule has 0 aromatic heterocycles. The molecule has 0 heterocycles. The number of hydrogen-bond donors (Lipinski definition) is 1. The van der Waals surface area contributed by atoms with Crippen molar-refractivity contribution in [3.8, 4) is 0 Å². The summed E-state index contributed by atoms with van der Waals surface area (Å²) in [5, 5.41) is 9.71. The Kier molecular flexibility index (Phi) is 4.63. The maximum atomic E-state index is 9.71. The van der Waals surface area contributed by atoms with Crippen LogP contribution >= 0.6 is 0 Å². The van der Waals surface area contributed by atoms with Gasteiger partial charge in [-0.25, -0.2) is 0 Å². The molecule has 0 saturated carbocycles. The smallest absolute Gasteiger partial charge is 0.124 e. The Morgan fingerprint density at radius 2 is 2.13 bits per heavy atom. The van der Waals surface area contributed by atoms with Gasteiger partial charge in [0.15, 0.2) is 0 Å². The molecule has 0 amide bonds. The van der Waals surface area contributed by atoms with Crippen LogP contribution in [0.25, 0.3) is 0 Å². The van der Waals surface area contributed by atoms with Gasteiger partial charge in [0.2, 0.25) is 0 Å². The summed E-state index contributed by atoms with van der Waals surface area (Å²) in [6.45, 7) is 6.97. The van der Waals surface area contributed by atoms with Crippen LogP contribution in [-0.4, -0.2) is 17.9 Å². The lowest BCUT2D eigenvalue weighted by molar-refractivity contribution is 0.187. The van der Waals surface area contributed by atoms with Gasteiger partial charge in [-0.15, -0.1) is 0 Å². The number of aliphatic hydroxyl groups is 1. The second-order valence-electron chi connectivity index (χ2n) is 4.02. The van der Waals surface area contributed by atoms with Crippen molar-refractivity contribution in [3.05, 3.63) is 29.8 Å². The van der Waals surface area contributed by atoms with Gasteiger partial charge in [0.1, 0.15) is 6.23 Å². The first kappa shape index (κ1) is 12.1. The summed E-state index contributed by atoms with van der Waals surface area (Å²) in [6, 6.07) is 8.27. The van der Waals surface area contributed by atoms with Gasteiger partial charge in [-0.3, -0.25) is 0 Å². The van der Waals surface area contributed by atoms with E-state index in [2.05, 4.69) is 32.0 Å². The summed E-state index contributed by atoms with van der Waals surface area (Å²) in [6.07, 6.45) is 1.84. The van der Waals surface area contributed by atoms with E-state index in [1.165, 1.54) is 5.56 Å². The van der Waals surface area contributed by atoms with Crippen molar-refractivity contribution in [1.82, 2.24) is 0 Å². The number of unbranched alkanes of at least 4 members (excludes halogenated alkanes) is 1. The lowest BCUT2D eigenvalue weighted by Crippen LogP contribution is -2.33. The Balaban J connectivity index is 2.79. The highest BCUT2D eigenvalue weighted by Gasteiger charge is 2.10. The number of rotatable bonds is 5. The van der Waals surface area contributed by atoms with Gasteiger partial charge >= 0.3 is 0 Å². The van der Waals surface area contributed by atoms with Crippen LogP contribution in [0.3, 0.4) is 0 Å². The van der Waals surface area contributed by atoms with E-state index in [4.69, 9.17) is 0 Å². The Morgan fingerprint density at radius 1 is 1.40 bits per heavy atom. The molecule has 1 rings (SSSR count). The third-order valence-electron chi connectivity index (χ3n) is 2.54. The predicted molar refractivity (Wildman–Crippen MR) is 65.1 cm³/mol. The molecular formula is C13H21NO. The second kappa shape index (κ2) is 5.76. The molecule has 0 aliphatic heterocycles. The van der Waals surface area contributed by atoms with Gasteiger partial charge in [-0.1, -0.05) is 25.5 Å². The number of hydrogen-bond acceptors (Lipinski definition) is 2. The van der Waals surface area contributed by atoms with Crippen molar-refractivity contribution in [2.75, 3.05) is 11.4 Å². The number of aryl methyl sites for hydroxylation is 1. The molecule has 2 heteroatoms. The van der Waals surface area contributed by atoms with Crippen LogP contribution in [0.1, 0.15) is 32.3 Å². The first-order valence-electron chi connectivity index (χ1n) is 5.66. The molecule has 0 spiro atoms. The van der Waals surface area contributed by atoms with E-state index in [1.54, 1.807) is 0 Å². The molecular weight excluding hydrogens is 186 g/mol. The van der Waals surface area contributed by atoms with Crippen molar-refractivity contribution < 1.29 is 5.11 Å². The van der Waals surface area contributed by atoms with Gasteiger partial charge in [0.25, 0.3) is 0 Å². The van der Waals surface area contributed by atoms with Crippen LogP contribution < -0.4 is 4.90 Å². The molecule has 1 aromatic rings. The lowest BCUT2D eigenvalue weighted by atomic mass is 10.2. The second-order valence-corrected chi connectivity index (χ2v) is 4.02. The molecule has 1 unspecified atom stereocenters. The summed E-state index contributed by atoms with van der Waals surface area (Å²) in [4.78, 5) is 2.04. The minimum Gasteiger partial charge on any atom is -0.374 e. The van der Waals surface area contributed by atoms with Crippen LogP contribution in [-0.2, 0) is 0 Å². The summed E-state index contributed by atoms with van der Waals surface area (Å²) in [5.41, 5.74) is 2.34. The first-order chi connectivity index (χ1) is 7.15. The molecule has 15 heavy (non-hydrogen) atoms. The fourth-order valence-corrected chi connectivity index (χ4v) is 1.67. The molecule has 0 aliphatic carbocycles. The lowest BCUT2D eigenvalue weighted by Gasteiger charge is -2.28. The van der Waals surface area contributed by atoms with Crippen molar-refractivity contribution in [2.45, 2.75) is 39.8 Å². The van der Waals surface area contributed by atoms with Crippen LogP contribution in [0.15, 0.2) is 24.3 Å². The minimum absolute atomic E-state index is 0.418. The normalized spacial score (nSPS) is 12.5. The van der Waals surface area contributed by atoms with Crippen LogP contribution in [0.2, 0.25) is 0 Å². The van der Waals surface area contributed by atoms with E-state index < -0.39 is 6.23 Å². The largest absolute Gasteiger partial charge is 0.374 e. The fourth-order valence-electron chi connectivity index (χ4n) is 1.67. The monoisotopic (exact) mass is 207 g/mol. The Labute approximate surface area is 92.5 Å². The first-order valence-corrected chi connectivity index (χ1v) is 5.66. The van der Waals surface area contributed by atoms with Crippen molar-refractivity contribution in [1.29, 1.82) is 0 Å². The number of anilines is 1. The van der Waals surface area contributed by atoms with E-state index in [-0.39, 0.29) is 0 Å². The summed E-state index contributed by atoms with van der Waals surface area (Å²) >= 11 is 0. The average molecular weight is 207 g/mol. The summed E-state index contributed by atoms with van der Waals surface area (Å²) in [5.74, 6) is 0. The van der Waals surface area contributed by atoms with Crippen LogP contribution in [0.4, 0.5) is 5.69 Å². The molecule has 1 atom stereocenters. The Bertz CT molecular complexity index is 296. The SMILES string of the molecule is CCCCN(c1cccc(C)c1)C(C)O. The third kappa shape index (κ3) is 3.56.